The quantitative estimate of drug-likeness (QED) is 0.627. The first-order chi connectivity index (χ1) is 12.5. The van der Waals surface area contributed by atoms with Crippen molar-refractivity contribution in [1.29, 1.82) is 0 Å². The molecule has 0 aliphatic carbocycles. The molecule has 0 spiro atoms. The highest BCUT2D eigenvalue weighted by molar-refractivity contribution is 7.71. The van der Waals surface area contributed by atoms with Crippen LogP contribution in [0.5, 0.6) is 0 Å². The van der Waals surface area contributed by atoms with Crippen molar-refractivity contribution in [3.63, 3.8) is 0 Å². The third kappa shape index (κ3) is 3.78. The molecule has 0 bridgehead atoms. The molecule has 136 valence electrons. The molecular formula is C19H22N4OS2. The van der Waals surface area contributed by atoms with E-state index in [-0.39, 0.29) is 11.9 Å². The van der Waals surface area contributed by atoms with Crippen LogP contribution >= 0.6 is 23.6 Å². The fourth-order valence-electron chi connectivity index (χ4n) is 2.89. The molecule has 0 saturated heterocycles. The Balaban J connectivity index is 1.91. The molecule has 0 radical (unpaired) electrons. The van der Waals surface area contributed by atoms with E-state index in [0.717, 1.165) is 10.4 Å². The second-order valence-corrected chi connectivity index (χ2v) is 7.76. The molecule has 5 nitrogen and oxygen atoms in total. The highest BCUT2D eigenvalue weighted by Crippen LogP contribution is 2.27. The van der Waals surface area contributed by atoms with Gasteiger partial charge in [-0.2, -0.15) is 5.10 Å². The van der Waals surface area contributed by atoms with Gasteiger partial charge < -0.3 is 4.90 Å². The van der Waals surface area contributed by atoms with Gasteiger partial charge in [-0.15, -0.1) is 11.3 Å². The number of carbonyl (C=O) groups is 1. The van der Waals surface area contributed by atoms with Gasteiger partial charge in [0.1, 0.15) is 6.04 Å². The van der Waals surface area contributed by atoms with Crippen LogP contribution in [0, 0.1) is 4.77 Å². The molecule has 1 unspecified atom stereocenters. The highest BCUT2D eigenvalue weighted by Gasteiger charge is 2.27. The van der Waals surface area contributed by atoms with Crippen molar-refractivity contribution in [1.82, 2.24) is 19.7 Å². The van der Waals surface area contributed by atoms with E-state index in [0.29, 0.717) is 17.1 Å². The van der Waals surface area contributed by atoms with Gasteiger partial charge >= 0.3 is 0 Å². The molecule has 1 N–H and O–H groups in total. The van der Waals surface area contributed by atoms with E-state index in [1.54, 1.807) is 11.3 Å². The van der Waals surface area contributed by atoms with Gasteiger partial charge in [-0.25, -0.2) is 0 Å². The largest absolute Gasteiger partial charge is 0.334 e. The third-order valence-electron chi connectivity index (χ3n) is 4.29. The lowest BCUT2D eigenvalue weighted by atomic mass is 10.1. The predicted molar refractivity (Wildman–Crippen MR) is 108 cm³/mol. The van der Waals surface area contributed by atoms with Gasteiger partial charge in [0.25, 0.3) is 0 Å². The second kappa shape index (κ2) is 7.97. The molecule has 0 fully saturated rings. The molecule has 0 aliphatic rings. The van der Waals surface area contributed by atoms with E-state index < -0.39 is 6.04 Å². The number of hydrogen-bond donors (Lipinski definition) is 1. The zero-order chi connectivity index (χ0) is 18.7. The van der Waals surface area contributed by atoms with Crippen molar-refractivity contribution in [2.75, 3.05) is 0 Å². The monoisotopic (exact) mass is 386 g/mol. The van der Waals surface area contributed by atoms with E-state index in [2.05, 4.69) is 10.2 Å². The number of hydrogen-bond acceptors (Lipinski definition) is 4. The first kappa shape index (κ1) is 18.5. The maximum absolute atomic E-state index is 13.3. The van der Waals surface area contributed by atoms with Gasteiger partial charge in [0.15, 0.2) is 10.6 Å². The molecule has 0 aliphatic heterocycles. The van der Waals surface area contributed by atoms with Crippen LogP contribution in [0.25, 0.3) is 10.7 Å². The number of nitrogens with one attached hydrogen (secondary N) is 1. The minimum atomic E-state index is -0.440. The van der Waals surface area contributed by atoms with Crippen LogP contribution in [0.1, 0.15) is 32.4 Å². The Morgan fingerprint density at radius 1 is 1.23 bits per heavy atom. The molecule has 0 saturated carbocycles. The van der Waals surface area contributed by atoms with E-state index in [1.807, 2.05) is 78.1 Å². The van der Waals surface area contributed by atoms with Crippen LogP contribution in [0.15, 0.2) is 47.8 Å². The summed E-state index contributed by atoms with van der Waals surface area (Å²) in [7, 11) is 0. The number of aromatic nitrogens is 3. The van der Waals surface area contributed by atoms with Gasteiger partial charge in [-0.05, 0) is 50.0 Å². The summed E-state index contributed by atoms with van der Waals surface area (Å²) in [4.78, 5) is 16.1. The Morgan fingerprint density at radius 2 is 1.96 bits per heavy atom. The summed E-state index contributed by atoms with van der Waals surface area (Å²) in [6, 6.07) is 13.6. The van der Waals surface area contributed by atoms with Gasteiger partial charge in [-0.3, -0.25) is 14.5 Å². The topological polar surface area (TPSA) is 53.9 Å². The molecule has 7 heteroatoms. The van der Waals surface area contributed by atoms with Crippen molar-refractivity contribution in [2.45, 2.75) is 39.4 Å². The fraction of sp³-hybridized carbons (Fsp3) is 0.316. The van der Waals surface area contributed by atoms with E-state index in [1.165, 1.54) is 0 Å². The summed E-state index contributed by atoms with van der Waals surface area (Å²) in [5.74, 6) is 0.730. The summed E-state index contributed by atoms with van der Waals surface area (Å²) in [5, 5.41) is 9.15. The minimum Gasteiger partial charge on any atom is -0.334 e. The molecule has 3 aromatic rings. The molecule has 26 heavy (non-hydrogen) atoms. The van der Waals surface area contributed by atoms with Crippen molar-refractivity contribution in [3.8, 4) is 10.7 Å². The maximum atomic E-state index is 13.3. The van der Waals surface area contributed by atoms with E-state index in [4.69, 9.17) is 12.2 Å². The van der Waals surface area contributed by atoms with Crippen LogP contribution < -0.4 is 0 Å². The van der Waals surface area contributed by atoms with Crippen LogP contribution in [0.2, 0.25) is 0 Å². The number of amides is 1. The maximum Gasteiger partial charge on any atom is 0.246 e. The van der Waals surface area contributed by atoms with Gasteiger partial charge in [0, 0.05) is 12.6 Å². The van der Waals surface area contributed by atoms with Gasteiger partial charge in [0.05, 0.1) is 4.88 Å². The normalized spacial score (nSPS) is 12.3. The average Bonchev–Trinajstić information content (AvgIpc) is 3.28. The van der Waals surface area contributed by atoms with Crippen LogP contribution in [-0.4, -0.2) is 31.6 Å². The second-order valence-electron chi connectivity index (χ2n) is 6.42. The smallest absolute Gasteiger partial charge is 0.246 e. The number of rotatable bonds is 6. The Bertz CT molecular complexity index is 913. The average molecular weight is 387 g/mol. The predicted octanol–water partition coefficient (Wildman–Crippen LogP) is 4.67. The first-order valence-corrected chi connectivity index (χ1v) is 9.83. The minimum absolute atomic E-state index is 0.0270. The van der Waals surface area contributed by atoms with Crippen molar-refractivity contribution < 1.29 is 4.79 Å². The lowest BCUT2D eigenvalue weighted by molar-refractivity contribution is -0.136. The number of carbonyl (C=O) groups excluding carboxylic acids is 1. The zero-order valence-corrected chi connectivity index (χ0v) is 16.7. The van der Waals surface area contributed by atoms with Crippen LogP contribution in [0.4, 0.5) is 0 Å². The van der Waals surface area contributed by atoms with Gasteiger partial charge in [-0.1, -0.05) is 36.4 Å². The number of nitrogens with zero attached hydrogens (tertiary/aromatic N) is 3. The Hall–Kier alpha value is -2.25. The van der Waals surface area contributed by atoms with Crippen LogP contribution in [0.3, 0.4) is 0 Å². The SMILES string of the molecule is CC(C)N(Cc1ccccc1)C(=O)C(C)n1c(-c2cccs2)n[nH]c1=S. The number of aromatic amines is 1. The number of benzene rings is 1. The Morgan fingerprint density at radius 3 is 2.58 bits per heavy atom. The summed E-state index contributed by atoms with van der Waals surface area (Å²) in [5.41, 5.74) is 1.11. The molecule has 1 aromatic carbocycles. The first-order valence-electron chi connectivity index (χ1n) is 8.54. The van der Waals surface area contributed by atoms with Gasteiger partial charge in [0.2, 0.25) is 5.91 Å². The number of thiophene rings is 1. The highest BCUT2D eigenvalue weighted by atomic mass is 32.1. The Labute approximate surface area is 162 Å². The summed E-state index contributed by atoms with van der Waals surface area (Å²) in [6.07, 6.45) is 0. The summed E-state index contributed by atoms with van der Waals surface area (Å²) >= 11 is 6.98. The van der Waals surface area contributed by atoms with Crippen LogP contribution in [-0.2, 0) is 11.3 Å². The molecule has 2 heterocycles. The molecule has 1 amide bonds. The Kier molecular flexibility index (Phi) is 5.68. The van der Waals surface area contributed by atoms with Crippen molar-refractivity contribution in [3.05, 3.63) is 58.2 Å². The summed E-state index contributed by atoms with van der Waals surface area (Å²) < 4.78 is 2.27. The summed E-state index contributed by atoms with van der Waals surface area (Å²) in [6.45, 7) is 6.51. The van der Waals surface area contributed by atoms with Crippen molar-refractivity contribution in [2.24, 2.45) is 0 Å². The van der Waals surface area contributed by atoms with Crippen molar-refractivity contribution >= 4 is 29.5 Å². The zero-order valence-electron chi connectivity index (χ0n) is 15.0. The number of H-pyrrole nitrogens is 1. The fourth-order valence-corrected chi connectivity index (χ4v) is 3.89. The molecular weight excluding hydrogens is 364 g/mol. The standard InChI is InChI=1S/C19H22N4OS2/c1-13(2)22(12-15-8-5-4-6-9-15)18(24)14(3)23-17(20-21-19(23)25)16-10-7-11-26-16/h4-11,13-14H,12H2,1-3H3,(H,21,25). The molecule has 3 rings (SSSR count). The third-order valence-corrected chi connectivity index (χ3v) is 5.45. The van der Waals surface area contributed by atoms with E-state index >= 15 is 0 Å². The molecule has 1 atom stereocenters. The lowest BCUT2D eigenvalue weighted by Crippen LogP contribution is -2.40. The lowest BCUT2D eigenvalue weighted by Gasteiger charge is -2.30. The van der Waals surface area contributed by atoms with E-state index in [9.17, 15) is 4.79 Å². The molecule has 2 aromatic heterocycles.